The first-order chi connectivity index (χ1) is 5.16. The molecule has 0 nitrogen and oxygen atoms in total. The third kappa shape index (κ3) is 1.48. The Balaban J connectivity index is 3.36. The van der Waals surface area contributed by atoms with Crippen molar-refractivity contribution in [1.29, 1.82) is 0 Å². The van der Waals surface area contributed by atoms with Gasteiger partial charge in [-0.1, -0.05) is 18.7 Å². The van der Waals surface area contributed by atoms with Gasteiger partial charge in [-0.3, -0.25) is 0 Å². The lowest BCUT2D eigenvalue weighted by Crippen LogP contribution is -1.87. The van der Waals surface area contributed by atoms with Crippen LogP contribution in [0.15, 0.2) is 23.2 Å². The minimum Gasteiger partial charge on any atom is -0.204 e. The molecule has 0 aliphatic rings. The van der Waals surface area contributed by atoms with E-state index in [4.69, 9.17) is 0 Å². The van der Waals surface area contributed by atoms with Crippen LogP contribution in [0, 0.1) is 11.6 Å². The van der Waals surface area contributed by atoms with Crippen molar-refractivity contribution in [1.82, 2.24) is 0 Å². The molecule has 0 spiro atoms. The Morgan fingerprint density at radius 2 is 2.00 bits per heavy atom. The van der Waals surface area contributed by atoms with E-state index < -0.39 is 11.6 Å². The van der Waals surface area contributed by atoms with Crippen LogP contribution in [-0.4, -0.2) is 0 Å². The van der Waals surface area contributed by atoms with E-state index in [0.717, 1.165) is 6.07 Å². The average Bonchev–Trinajstić information content (AvgIpc) is 2.01. The number of benzene rings is 1. The number of hydrogen-bond acceptors (Lipinski definition) is 0. The fourth-order valence-corrected chi connectivity index (χ4v) is 1.18. The molecule has 1 rings (SSSR count). The van der Waals surface area contributed by atoms with Crippen LogP contribution in [0.1, 0.15) is 5.56 Å². The van der Waals surface area contributed by atoms with Crippen LogP contribution in [0.5, 0.6) is 0 Å². The molecule has 1 aromatic carbocycles. The van der Waals surface area contributed by atoms with Crippen LogP contribution < -0.4 is 0 Å². The maximum atomic E-state index is 12.7. The Morgan fingerprint density at radius 1 is 1.36 bits per heavy atom. The van der Waals surface area contributed by atoms with E-state index in [9.17, 15) is 8.78 Å². The smallest absolute Gasteiger partial charge is 0.173 e. The fourth-order valence-electron chi connectivity index (χ4n) is 0.698. The minimum atomic E-state index is -0.873. The highest BCUT2D eigenvalue weighted by Crippen LogP contribution is 2.23. The topological polar surface area (TPSA) is 0 Å². The molecular formula is C8H5BrF2. The lowest BCUT2D eigenvalue weighted by molar-refractivity contribution is 0.504. The van der Waals surface area contributed by atoms with E-state index in [1.165, 1.54) is 12.1 Å². The second-order valence-electron chi connectivity index (χ2n) is 1.97. The molecule has 0 heterocycles. The highest BCUT2D eigenvalue weighted by Gasteiger charge is 2.07. The standard InChI is InChI=1S/C8H5BrF2/c1-2-5-3-4-6(10)8(11)7(5)9/h2-4H,1H2. The number of halogens is 3. The fraction of sp³-hybridized carbons (Fsp3) is 0. The molecule has 0 aliphatic carbocycles. The Kier molecular flexibility index (Phi) is 2.39. The van der Waals surface area contributed by atoms with Crippen molar-refractivity contribution in [2.75, 3.05) is 0 Å². The first-order valence-corrected chi connectivity index (χ1v) is 3.72. The van der Waals surface area contributed by atoms with Crippen LogP contribution in [-0.2, 0) is 0 Å². The van der Waals surface area contributed by atoms with Crippen molar-refractivity contribution >= 4 is 22.0 Å². The van der Waals surface area contributed by atoms with Gasteiger partial charge in [0.05, 0.1) is 4.47 Å². The summed E-state index contributed by atoms with van der Waals surface area (Å²) >= 11 is 2.90. The van der Waals surface area contributed by atoms with E-state index in [2.05, 4.69) is 22.5 Å². The zero-order valence-corrected chi connectivity index (χ0v) is 7.16. The Hall–Kier alpha value is -0.700. The number of rotatable bonds is 1. The molecule has 0 radical (unpaired) electrons. The van der Waals surface area contributed by atoms with Crippen LogP contribution in [0.4, 0.5) is 8.78 Å². The van der Waals surface area contributed by atoms with E-state index in [0.29, 0.717) is 5.56 Å². The molecule has 1 aromatic rings. The van der Waals surface area contributed by atoms with Gasteiger partial charge in [-0.25, -0.2) is 8.78 Å². The second-order valence-corrected chi connectivity index (χ2v) is 2.76. The molecule has 0 bridgehead atoms. The first-order valence-electron chi connectivity index (χ1n) is 2.92. The van der Waals surface area contributed by atoms with Gasteiger partial charge in [0.2, 0.25) is 0 Å². The van der Waals surface area contributed by atoms with Gasteiger partial charge >= 0.3 is 0 Å². The quantitative estimate of drug-likeness (QED) is 0.635. The molecule has 0 amide bonds. The largest absolute Gasteiger partial charge is 0.204 e. The monoisotopic (exact) mass is 218 g/mol. The van der Waals surface area contributed by atoms with Gasteiger partial charge in [-0.15, -0.1) is 0 Å². The van der Waals surface area contributed by atoms with Crippen molar-refractivity contribution in [2.45, 2.75) is 0 Å². The molecule has 0 saturated heterocycles. The van der Waals surface area contributed by atoms with Gasteiger partial charge in [0, 0.05) is 0 Å². The summed E-state index contributed by atoms with van der Waals surface area (Å²) in [7, 11) is 0. The summed E-state index contributed by atoms with van der Waals surface area (Å²) in [6.45, 7) is 3.44. The Labute approximate surface area is 71.7 Å². The van der Waals surface area contributed by atoms with Crippen LogP contribution in [0.25, 0.3) is 6.08 Å². The zero-order chi connectivity index (χ0) is 8.43. The van der Waals surface area contributed by atoms with E-state index >= 15 is 0 Å². The van der Waals surface area contributed by atoms with Gasteiger partial charge in [0.25, 0.3) is 0 Å². The maximum absolute atomic E-state index is 12.7. The molecule has 0 N–H and O–H groups in total. The van der Waals surface area contributed by atoms with Crippen LogP contribution in [0.3, 0.4) is 0 Å². The van der Waals surface area contributed by atoms with Gasteiger partial charge in [-0.2, -0.15) is 0 Å². The third-order valence-electron chi connectivity index (χ3n) is 1.28. The second kappa shape index (κ2) is 3.13. The molecular weight excluding hydrogens is 214 g/mol. The van der Waals surface area contributed by atoms with Crippen LogP contribution in [0.2, 0.25) is 0 Å². The minimum absolute atomic E-state index is 0.118. The molecule has 0 aromatic heterocycles. The maximum Gasteiger partial charge on any atom is 0.173 e. The molecule has 0 fully saturated rings. The average molecular weight is 219 g/mol. The van der Waals surface area contributed by atoms with E-state index in [1.54, 1.807) is 0 Å². The number of hydrogen-bond donors (Lipinski definition) is 0. The molecule has 11 heavy (non-hydrogen) atoms. The molecule has 0 unspecified atom stereocenters. The molecule has 0 saturated carbocycles. The molecule has 0 aliphatic heterocycles. The Bertz CT molecular complexity index is 294. The van der Waals surface area contributed by atoms with Crippen molar-refractivity contribution < 1.29 is 8.78 Å². The van der Waals surface area contributed by atoms with E-state index in [1.807, 2.05) is 0 Å². The van der Waals surface area contributed by atoms with Gasteiger partial charge in [0.1, 0.15) is 0 Å². The van der Waals surface area contributed by atoms with Gasteiger partial charge < -0.3 is 0 Å². The van der Waals surface area contributed by atoms with Gasteiger partial charge in [-0.05, 0) is 27.6 Å². The first kappa shape index (κ1) is 8.40. The third-order valence-corrected chi connectivity index (χ3v) is 2.09. The predicted molar refractivity (Wildman–Crippen MR) is 44.1 cm³/mol. The highest BCUT2D eigenvalue weighted by atomic mass is 79.9. The summed E-state index contributed by atoms with van der Waals surface area (Å²) in [5, 5.41) is 0. The van der Waals surface area contributed by atoms with Crippen molar-refractivity contribution in [3.05, 3.63) is 40.4 Å². The molecule has 0 atom stereocenters. The predicted octanol–water partition coefficient (Wildman–Crippen LogP) is 3.37. The van der Waals surface area contributed by atoms with Gasteiger partial charge in [0.15, 0.2) is 11.6 Å². The van der Waals surface area contributed by atoms with Crippen molar-refractivity contribution in [3.63, 3.8) is 0 Å². The SMILES string of the molecule is C=Cc1ccc(F)c(F)c1Br. The summed E-state index contributed by atoms with van der Waals surface area (Å²) in [5.74, 6) is -1.73. The normalized spacial score (nSPS) is 9.73. The lowest BCUT2D eigenvalue weighted by atomic mass is 10.2. The van der Waals surface area contributed by atoms with Crippen molar-refractivity contribution in [3.8, 4) is 0 Å². The van der Waals surface area contributed by atoms with E-state index in [-0.39, 0.29) is 4.47 Å². The Morgan fingerprint density at radius 3 is 2.55 bits per heavy atom. The summed E-state index contributed by atoms with van der Waals surface area (Å²) in [4.78, 5) is 0. The molecule has 3 heteroatoms. The zero-order valence-electron chi connectivity index (χ0n) is 5.57. The summed E-state index contributed by atoms with van der Waals surface area (Å²) < 4.78 is 25.3. The van der Waals surface area contributed by atoms with Crippen molar-refractivity contribution in [2.24, 2.45) is 0 Å². The summed E-state index contributed by atoms with van der Waals surface area (Å²) in [6, 6.07) is 2.52. The van der Waals surface area contributed by atoms with Crippen LogP contribution >= 0.6 is 15.9 Å². The lowest BCUT2D eigenvalue weighted by Gasteiger charge is -1.99. The summed E-state index contributed by atoms with van der Waals surface area (Å²) in [6.07, 6.45) is 1.45. The molecule has 58 valence electrons. The highest BCUT2D eigenvalue weighted by molar-refractivity contribution is 9.10. The summed E-state index contributed by atoms with van der Waals surface area (Å²) in [5.41, 5.74) is 0.545.